The quantitative estimate of drug-likeness (QED) is 0.928. The first-order valence-electron chi connectivity index (χ1n) is 7.97. The minimum absolute atomic E-state index is 0.0848. The lowest BCUT2D eigenvalue weighted by Crippen LogP contribution is -2.29. The number of fused-ring (bicyclic) bond motifs is 1. The second-order valence-electron chi connectivity index (χ2n) is 5.89. The van der Waals surface area contributed by atoms with Gasteiger partial charge in [0.2, 0.25) is 0 Å². The molecule has 1 amide bonds. The number of rotatable bonds is 4. The lowest BCUT2D eigenvalue weighted by Gasteiger charge is -2.12. The van der Waals surface area contributed by atoms with Crippen LogP contribution in [0.4, 0.5) is 0 Å². The number of aromatic nitrogens is 2. The van der Waals surface area contributed by atoms with Gasteiger partial charge in [-0.15, -0.1) is 0 Å². The molecule has 1 aromatic heterocycles. The largest absolute Gasteiger partial charge is 0.381 e. The Labute approximate surface area is 134 Å². The van der Waals surface area contributed by atoms with Crippen molar-refractivity contribution in [3.05, 3.63) is 39.8 Å². The summed E-state index contributed by atoms with van der Waals surface area (Å²) in [6.45, 7) is 6.30. The lowest BCUT2D eigenvalue weighted by atomic mass is 10.1. The SMILES string of the molecule is CCn1c(=O)c(C)nc2cc(C(=O)NCC3CCOC3)ccc21. The van der Waals surface area contributed by atoms with Crippen molar-refractivity contribution in [3.8, 4) is 0 Å². The summed E-state index contributed by atoms with van der Waals surface area (Å²) < 4.78 is 6.98. The third kappa shape index (κ3) is 3.12. The summed E-state index contributed by atoms with van der Waals surface area (Å²) in [4.78, 5) is 28.7. The Morgan fingerprint density at radius 1 is 1.48 bits per heavy atom. The Kier molecular flexibility index (Phi) is 4.43. The molecular formula is C17H21N3O3. The number of nitrogens with one attached hydrogen (secondary N) is 1. The van der Waals surface area contributed by atoms with Crippen molar-refractivity contribution in [1.82, 2.24) is 14.9 Å². The van der Waals surface area contributed by atoms with E-state index in [0.29, 0.717) is 42.4 Å². The molecule has 6 heteroatoms. The van der Waals surface area contributed by atoms with Crippen molar-refractivity contribution in [2.24, 2.45) is 5.92 Å². The molecule has 0 saturated carbocycles. The molecule has 1 unspecified atom stereocenters. The molecule has 0 radical (unpaired) electrons. The van der Waals surface area contributed by atoms with E-state index >= 15 is 0 Å². The minimum atomic E-state index is -0.118. The zero-order valence-electron chi connectivity index (χ0n) is 13.5. The molecule has 1 atom stereocenters. The zero-order chi connectivity index (χ0) is 16.4. The zero-order valence-corrected chi connectivity index (χ0v) is 13.5. The summed E-state index contributed by atoms with van der Waals surface area (Å²) in [7, 11) is 0. The average Bonchev–Trinajstić information content (AvgIpc) is 3.07. The maximum absolute atomic E-state index is 12.3. The number of amides is 1. The topological polar surface area (TPSA) is 73.2 Å². The van der Waals surface area contributed by atoms with Crippen molar-refractivity contribution in [2.75, 3.05) is 19.8 Å². The van der Waals surface area contributed by atoms with Crippen LogP contribution in [0.1, 0.15) is 29.4 Å². The van der Waals surface area contributed by atoms with E-state index in [9.17, 15) is 9.59 Å². The van der Waals surface area contributed by atoms with Gasteiger partial charge < -0.3 is 14.6 Å². The number of carbonyl (C=O) groups is 1. The van der Waals surface area contributed by atoms with E-state index in [0.717, 1.165) is 18.5 Å². The van der Waals surface area contributed by atoms with Crippen LogP contribution in [0, 0.1) is 12.8 Å². The number of nitrogens with zero attached hydrogens (tertiary/aromatic N) is 2. The highest BCUT2D eigenvalue weighted by Crippen LogP contribution is 2.14. The van der Waals surface area contributed by atoms with Gasteiger partial charge in [0.05, 0.1) is 17.6 Å². The van der Waals surface area contributed by atoms with Crippen molar-refractivity contribution in [3.63, 3.8) is 0 Å². The summed E-state index contributed by atoms with van der Waals surface area (Å²) >= 11 is 0. The predicted molar refractivity (Wildman–Crippen MR) is 87.7 cm³/mol. The van der Waals surface area contributed by atoms with Gasteiger partial charge in [-0.2, -0.15) is 0 Å². The number of hydrogen-bond acceptors (Lipinski definition) is 4. The molecular weight excluding hydrogens is 294 g/mol. The van der Waals surface area contributed by atoms with Crippen LogP contribution in [0.5, 0.6) is 0 Å². The Morgan fingerprint density at radius 2 is 2.30 bits per heavy atom. The normalized spacial score (nSPS) is 17.6. The second kappa shape index (κ2) is 6.50. The molecule has 1 fully saturated rings. The van der Waals surface area contributed by atoms with Crippen LogP contribution in [0.25, 0.3) is 11.0 Å². The summed E-state index contributed by atoms with van der Waals surface area (Å²) in [5, 5.41) is 2.94. The Bertz CT molecular complexity index is 792. The summed E-state index contributed by atoms with van der Waals surface area (Å²) in [6.07, 6.45) is 0.988. The fourth-order valence-corrected chi connectivity index (χ4v) is 2.91. The highest BCUT2D eigenvalue weighted by molar-refractivity contribution is 5.97. The van der Waals surface area contributed by atoms with Gasteiger partial charge in [-0.1, -0.05) is 0 Å². The number of aryl methyl sites for hydroxylation is 2. The van der Waals surface area contributed by atoms with Crippen LogP contribution < -0.4 is 10.9 Å². The number of hydrogen-bond donors (Lipinski definition) is 1. The Morgan fingerprint density at radius 3 is 3.00 bits per heavy atom. The maximum atomic E-state index is 12.3. The first kappa shape index (κ1) is 15.7. The third-order valence-electron chi connectivity index (χ3n) is 4.26. The van der Waals surface area contributed by atoms with E-state index in [4.69, 9.17) is 4.74 Å². The molecule has 0 spiro atoms. The van der Waals surface area contributed by atoms with Crippen molar-refractivity contribution < 1.29 is 9.53 Å². The van der Waals surface area contributed by atoms with Gasteiger partial charge in [-0.3, -0.25) is 9.59 Å². The van der Waals surface area contributed by atoms with Gasteiger partial charge in [-0.25, -0.2) is 4.98 Å². The average molecular weight is 315 g/mol. The van der Waals surface area contributed by atoms with Crippen LogP contribution in [-0.4, -0.2) is 35.2 Å². The number of benzene rings is 1. The minimum Gasteiger partial charge on any atom is -0.381 e. The van der Waals surface area contributed by atoms with E-state index < -0.39 is 0 Å². The summed E-state index contributed by atoms with van der Waals surface area (Å²) in [6, 6.07) is 5.28. The fourth-order valence-electron chi connectivity index (χ4n) is 2.91. The van der Waals surface area contributed by atoms with Crippen LogP contribution >= 0.6 is 0 Å². The van der Waals surface area contributed by atoms with E-state index in [1.165, 1.54) is 0 Å². The van der Waals surface area contributed by atoms with Gasteiger partial charge in [-0.05, 0) is 38.5 Å². The molecule has 1 N–H and O–H groups in total. The molecule has 23 heavy (non-hydrogen) atoms. The summed E-state index contributed by atoms with van der Waals surface area (Å²) in [5.41, 5.74) is 2.34. The number of carbonyl (C=O) groups excluding carboxylic acids is 1. The van der Waals surface area contributed by atoms with Gasteiger partial charge in [0.25, 0.3) is 11.5 Å². The molecule has 2 aromatic rings. The monoisotopic (exact) mass is 315 g/mol. The second-order valence-corrected chi connectivity index (χ2v) is 5.89. The molecule has 1 saturated heterocycles. The highest BCUT2D eigenvalue weighted by Gasteiger charge is 2.17. The molecule has 122 valence electrons. The molecule has 1 aliphatic heterocycles. The van der Waals surface area contributed by atoms with E-state index in [1.807, 2.05) is 6.92 Å². The van der Waals surface area contributed by atoms with Gasteiger partial charge in [0.1, 0.15) is 5.69 Å². The maximum Gasteiger partial charge on any atom is 0.272 e. The Hall–Kier alpha value is -2.21. The molecule has 2 heterocycles. The molecule has 3 rings (SSSR count). The Balaban J connectivity index is 1.86. The summed E-state index contributed by atoms with van der Waals surface area (Å²) in [5.74, 6) is 0.276. The third-order valence-corrected chi connectivity index (χ3v) is 4.26. The van der Waals surface area contributed by atoms with Crippen molar-refractivity contribution >= 4 is 16.9 Å². The van der Waals surface area contributed by atoms with Gasteiger partial charge in [0, 0.05) is 31.2 Å². The molecule has 1 aliphatic rings. The number of ether oxygens (including phenoxy) is 1. The molecule has 0 aliphatic carbocycles. The standard InChI is InChI=1S/C17H21N3O3/c1-3-20-15-5-4-13(8-14(15)19-11(2)17(20)22)16(21)18-9-12-6-7-23-10-12/h4-5,8,12H,3,6-7,9-10H2,1-2H3,(H,18,21). The van der Waals surface area contributed by atoms with Gasteiger partial charge in [0.15, 0.2) is 0 Å². The van der Waals surface area contributed by atoms with E-state index in [2.05, 4.69) is 10.3 Å². The first-order valence-corrected chi connectivity index (χ1v) is 7.97. The van der Waals surface area contributed by atoms with Crippen LogP contribution in [0.2, 0.25) is 0 Å². The molecule has 0 bridgehead atoms. The van der Waals surface area contributed by atoms with Gasteiger partial charge >= 0.3 is 0 Å². The van der Waals surface area contributed by atoms with Crippen molar-refractivity contribution in [2.45, 2.75) is 26.8 Å². The van der Waals surface area contributed by atoms with E-state index in [1.54, 1.807) is 29.7 Å². The first-order chi connectivity index (χ1) is 11.1. The highest BCUT2D eigenvalue weighted by atomic mass is 16.5. The van der Waals surface area contributed by atoms with Crippen LogP contribution in [0.3, 0.4) is 0 Å². The van der Waals surface area contributed by atoms with E-state index in [-0.39, 0.29) is 11.5 Å². The smallest absolute Gasteiger partial charge is 0.272 e. The lowest BCUT2D eigenvalue weighted by molar-refractivity contribution is 0.0945. The predicted octanol–water partition coefficient (Wildman–Crippen LogP) is 1.49. The fraction of sp³-hybridized carbons (Fsp3) is 0.471. The van der Waals surface area contributed by atoms with Crippen LogP contribution in [0.15, 0.2) is 23.0 Å². The molecule has 1 aromatic carbocycles. The van der Waals surface area contributed by atoms with Crippen LogP contribution in [-0.2, 0) is 11.3 Å². The molecule has 6 nitrogen and oxygen atoms in total. The van der Waals surface area contributed by atoms with Crippen molar-refractivity contribution in [1.29, 1.82) is 0 Å².